The Labute approximate surface area is 226 Å². The number of esters is 1. The zero-order valence-corrected chi connectivity index (χ0v) is 23.1. The fourth-order valence-corrected chi connectivity index (χ4v) is 3.91. The standard InChI is InChI=1S/C28H33N3O8/c1-27(2,3)38-25(33)29(19-11-13-20(14-12-19)31(35)36)16-15-18-17-30(26(34)39-28(4,5)6)23-21(18)9-8-10-22(23)24(32)37-7/h8-14,17H,15-16H2,1-7H3. The molecule has 0 aliphatic carbocycles. The first kappa shape index (κ1) is 29.2. The topological polar surface area (TPSA) is 130 Å². The fraction of sp³-hybridized carbons (Fsp3) is 0.393. The number of nitro benzene ring substituents is 1. The molecule has 11 heteroatoms. The Hall–Kier alpha value is -4.41. The highest BCUT2D eigenvalue weighted by Gasteiger charge is 2.27. The van der Waals surface area contributed by atoms with Gasteiger partial charge in [-0.25, -0.2) is 14.4 Å². The van der Waals surface area contributed by atoms with Crippen molar-refractivity contribution in [3.8, 4) is 0 Å². The molecule has 0 N–H and O–H groups in total. The number of carbonyl (C=O) groups is 3. The Morgan fingerprint density at radius 2 is 1.56 bits per heavy atom. The summed E-state index contributed by atoms with van der Waals surface area (Å²) in [6, 6.07) is 10.6. The second kappa shape index (κ2) is 11.1. The number of anilines is 1. The highest BCUT2D eigenvalue weighted by atomic mass is 16.6. The molecule has 0 unspecified atom stereocenters. The molecule has 1 aromatic heterocycles. The number of aromatic nitrogens is 1. The van der Waals surface area contributed by atoms with Crippen LogP contribution in [0, 0.1) is 10.1 Å². The molecule has 0 saturated heterocycles. The molecular formula is C28H33N3O8. The van der Waals surface area contributed by atoms with Gasteiger partial charge in [-0.1, -0.05) is 12.1 Å². The van der Waals surface area contributed by atoms with Crippen molar-refractivity contribution < 1.29 is 33.5 Å². The van der Waals surface area contributed by atoms with Crippen molar-refractivity contribution >= 4 is 40.4 Å². The van der Waals surface area contributed by atoms with Crippen LogP contribution in [0.5, 0.6) is 0 Å². The minimum atomic E-state index is -0.780. The van der Waals surface area contributed by atoms with Crippen molar-refractivity contribution in [3.05, 3.63) is 69.9 Å². The maximum atomic E-state index is 13.1. The van der Waals surface area contributed by atoms with Crippen LogP contribution in [0.15, 0.2) is 48.7 Å². The van der Waals surface area contributed by atoms with Crippen LogP contribution < -0.4 is 4.90 Å². The summed E-state index contributed by atoms with van der Waals surface area (Å²) >= 11 is 0. The molecule has 0 aliphatic heterocycles. The van der Waals surface area contributed by atoms with Crippen molar-refractivity contribution in [1.82, 2.24) is 4.57 Å². The molecule has 0 aliphatic rings. The highest BCUT2D eigenvalue weighted by Crippen LogP contribution is 2.29. The first-order valence-electron chi connectivity index (χ1n) is 12.3. The maximum Gasteiger partial charge on any atom is 0.419 e. The maximum absolute atomic E-state index is 13.1. The number of nitro groups is 1. The van der Waals surface area contributed by atoms with Gasteiger partial charge in [0.1, 0.15) is 11.2 Å². The van der Waals surface area contributed by atoms with Crippen LogP contribution in [-0.2, 0) is 20.6 Å². The van der Waals surface area contributed by atoms with E-state index in [2.05, 4.69) is 0 Å². The lowest BCUT2D eigenvalue weighted by Crippen LogP contribution is -2.38. The van der Waals surface area contributed by atoms with Crippen molar-refractivity contribution in [1.29, 1.82) is 0 Å². The predicted octanol–water partition coefficient (Wildman–Crippen LogP) is 6.10. The van der Waals surface area contributed by atoms with Crippen molar-refractivity contribution in [2.75, 3.05) is 18.6 Å². The first-order valence-corrected chi connectivity index (χ1v) is 12.3. The summed E-state index contributed by atoms with van der Waals surface area (Å²) in [5.41, 5.74) is -0.0913. The van der Waals surface area contributed by atoms with Crippen LogP contribution in [0.3, 0.4) is 0 Å². The minimum absolute atomic E-state index is 0.112. The Bertz CT molecular complexity index is 1400. The van der Waals surface area contributed by atoms with Gasteiger partial charge in [0.2, 0.25) is 0 Å². The molecule has 11 nitrogen and oxygen atoms in total. The summed E-state index contributed by atoms with van der Waals surface area (Å²) in [5.74, 6) is -0.615. The third-order valence-electron chi connectivity index (χ3n) is 5.49. The van der Waals surface area contributed by atoms with Crippen LogP contribution in [0.4, 0.5) is 21.0 Å². The number of benzene rings is 2. The van der Waals surface area contributed by atoms with Gasteiger partial charge < -0.3 is 14.2 Å². The third-order valence-corrected chi connectivity index (χ3v) is 5.49. The first-order chi connectivity index (χ1) is 18.1. The summed E-state index contributed by atoms with van der Waals surface area (Å²) in [6.45, 7) is 10.5. The van der Waals surface area contributed by atoms with Crippen LogP contribution in [0.1, 0.15) is 57.5 Å². The Morgan fingerprint density at radius 3 is 2.10 bits per heavy atom. The van der Waals surface area contributed by atoms with E-state index in [1.54, 1.807) is 65.9 Å². The van der Waals surface area contributed by atoms with Crippen LogP contribution in [0.2, 0.25) is 0 Å². The average Bonchev–Trinajstić information content (AvgIpc) is 3.21. The van der Waals surface area contributed by atoms with E-state index in [4.69, 9.17) is 14.2 Å². The van der Waals surface area contributed by atoms with Gasteiger partial charge >= 0.3 is 18.2 Å². The zero-order valence-electron chi connectivity index (χ0n) is 23.1. The fourth-order valence-electron chi connectivity index (χ4n) is 3.91. The van der Waals surface area contributed by atoms with Crippen LogP contribution >= 0.6 is 0 Å². The predicted molar refractivity (Wildman–Crippen MR) is 145 cm³/mol. The summed E-state index contributed by atoms with van der Waals surface area (Å²) in [7, 11) is 1.26. The molecule has 0 fully saturated rings. The van der Waals surface area contributed by atoms with Crippen LogP contribution in [-0.4, -0.2) is 52.5 Å². The number of ether oxygens (including phenoxy) is 3. The van der Waals surface area contributed by atoms with E-state index in [0.29, 0.717) is 22.2 Å². The van der Waals surface area contributed by atoms with E-state index >= 15 is 0 Å². The number of fused-ring (bicyclic) bond motifs is 1. The summed E-state index contributed by atoms with van der Waals surface area (Å²) in [4.78, 5) is 50.8. The van der Waals surface area contributed by atoms with E-state index < -0.39 is 34.3 Å². The van der Waals surface area contributed by atoms with Gasteiger partial charge in [0.05, 0.1) is 23.1 Å². The molecule has 0 radical (unpaired) electrons. The van der Waals surface area contributed by atoms with Gasteiger partial charge in [0, 0.05) is 35.9 Å². The largest absolute Gasteiger partial charge is 0.465 e. The van der Waals surface area contributed by atoms with E-state index in [9.17, 15) is 24.5 Å². The van der Waals surface area contributed by atoms with E-state index in [-0.39, 0.29) is 24.2 Å². The quantitative estimate of drug-likeness (QED) is 0.159. The summed E-state index contributed by atoms with van der Waals surface area (Å²) < 4.78 is 17.3. The molecule has 1 amide bonds. The molecule has 3 rings (SSSR count). The Balaban J connectivity index is 2.05. The molecule has 0 bridgehead atoms. The summed E-state index contributed by atoms with van der Waals surface area (Å²) in [6.07, 6.45) is 0.526. The molecular weight excluding hydrogens is 506 g/mol. The molecule has 39 heavy (non-hydrogen) atoms. The number of amides is 1. The highest BCUT2D eigenvalue weighted by molar-refractivity contribution is 6.07. The number of rotatable bonds is 6. The van der Waals surface area contributed by atoms with E-state index in [0.717, 1.165) is 0 Å². The van der Waals surface area contributed by atoms with Gasteiger partial charge in [-0.3, -0.25) is 19.6 Å². The Morgan fingerprint density at radius 1 is 0.949 bits per heavy atom. The molecule has 2 aromatic carbocycles. The van der Waals surface area contributed by atoms with Crippen molar-refractivity contribution in [2.24, 2.45) is 0 Å². The molecule has 3 aromatic rings. The second-order valence-corrected chi connectivity index (χ2v) is 10.9. The SMILES string of the molecule is COC(=O)c1cccc2c(CCN(C(=O)OC(C)(C)C)c3ccc([N+](=O)[O-])cc3)cn(C(=O)OC(C)(C)C)c12. The van der Waals surface area contributed by atoms with Gasteiger partial charge in [-0.05, 0) is 71.7 Å². The van der Waals surface area contributed by atoms with Crippen molar-refractivity contribution in [2.45, 2.75) is 59.2 Å². The molecule has 0 atom stereocenters. The van der Waals surface area contributed by atoms with E-state index in [1.165, 1.54) is 40.8 Å². The van der Waals surface area contributed by atoms with Crippen molar-refractivity contribution in [3.63, 3.8) is 0 Å². The van der Waals surface area contributed by atoms with Gasteiger partial charge in [0.25, 0.3) is 5.69 Å². The lowest BCUT2D eigenvalue weighted by Gasteiger charge is -2.27. The average molecular weight is 540 g/mol. The van der Waals surface area contributed by atoms with Crippen LogP contribution in [0.25, 0.3) is 10.9 Å². The Kier molecular flexibility index (Phi) is 8.33. The van der Waals surface area contributed by atoms with Gasteiger partial charge in [-0.2, -0.15) is 0 Å². The normalized spacial score (nSPS) is 11.7. The number of non-ortho nitro benzene ring substituents is 1. The molecule has 1 heterocycles. The van der Waals surface area contributed by atoms with Gasteiger partial charge in [0.15, 0.2) is 0 Å². The number of hydrogen-bond acceptors (Lipinski definition) is 8. The molecule has 0 spiro atoms. The monoisotopic (exact) mass is 539 g/mol. The number of hydrogen-bond donors (Lipinski definition) is 0. The second-order valence-electron chi connectivity index (χ2n) is 10.9. The number of methoxy groups -OCH3 is 1. The molecule has 0 saturated carbocycles. The number of nitrogens with zero attached hydrogens (tertiary/aromatic N) is 3. The van der Waals surface area contributed by atoms with Gasteiger partial charge in [-0.15, -0.1) is 0 Å². The molecule has 208 valence electrons. The smallest absolute Gasteiger partial charge is 0.419 e. The third kappa shape index (κ3) is 7.13. The minimum Gasteiger partial charge on any atom is -0.465 e. The van der Waals surface area contributed by atoms with E-state index in [1.807, 2.05) is 0 Å². The summed E-state index contributed by atoms with van der Waals surface area (Å²) in [5, 5.41) is 11.7. The zero-order chi connectivity index (χ0) is 29.1. The number of para-hydroxylation sites is 1. The number of carbonyl (C=O) groups excluding carboxylic acids is 3. The lowest BCUT2D eigenvalue weighted by atomic mass is 10.1. The lowest BCUT2D eigenvalue weighted by molar-refractivity contribution is -0.384.